The first-order valence-corrected chi connectivity index (χ1v) is 10.0. The van der Waals surface area contributed by atoms with Gasteiger partial charge in [-0.1, -0.05) is 42.0 Å². The van der Waals surface area contributed by atoms with E-state index < -0.39 is 0 Å². The van der Waals surface area contributed by atoms with Crippen molar-refractivity contribution in [3.05, 3.63) is 80.7 Å². The second kappa shape index (κ2) is 7.90. The molecule has 0 saturated carbocycles. The molecule has 2 heterocycles. The third kappa shape index (κ3) is 4.03. The topological polar surface area (TPSA) is 36.7 Å². The van der Waals surface area contributed by atoms with Gasteiger partial charge in [0.1, 0.15) is 5.58 Å². The van der Waals surface area contributed by atoms with Gasteiger partial charge in [0.25, 0.3) is 0 Å². The van der Waals surface area contributed by atoms with Crippen LogP contribution in [0.5, 0.6) is 0 Å². The van der Waals surface area contributed by atoms with Gasteiger partial charge in [-0.05, 0) is 43.0 Å². The van der Waals surface area contributed by atoms with Crippen LogP contribution in [-0.2, 0) is 13.1 Å². The Kier molecular flexibility index (Phi) is 5.33. The maximum Gasteiger partial charge on any atom is 0.336 e. The van der Waals surface area contributed by atoms with Crippen molar-refractivity contribution >= 4 is 11.0 Å². The van der Waals surface area contributed by atoms with Crippen molar-refractivity contribution in [2.45, 2.75) is 33.9 Å². The molecule has 146 valence electrons. The molecule has 0 aliphatic carbocycles. The van der Waals surface area contributed by atoms with Crippen LogP contribution >= 0.6 is 0 Å². The van der Waals surface area contributed by atoms with Gasteiger partial charge in [0.2, 0.25) is 0 Å². The Hall–Kier alpha value is -2.43. The maximum atomic E-state index is 12.1. The van der Waals surface area contributed by atoms with E-state index in [9.17, 15) is 4.79 Å². The van der Waals surface area contributed by atoms with Crippen LogP contribution in [0, 0.1) is 20.8 Å². The van der Waals surface area contributed by atoms with Gasteiger partial charge in [-0.25, -0.2) is 4.79 Å². The fourth-order valence-electron chi connectivity index (χ4n) is 4.07. The number of hydrogen-bond donors (Lipinski definition) is 0. The number of hydrogen-bond acceptors (Lipinski definition) is 4. The summed E-state index contributed by atoms with van der Waals surface area (Å²) >= 11 is 0. The average Bonchev–Trinajstić information content (AvgIpc) is 2.67. The van der Waals surface area contributed by atoms with E-state index in [1.54, 1.807) is 6.07 Å². The molecule has 0 bridgehead atoms. The average molecular weight is 377 g/mol. The summed E-state index contributed by atoms with van der Waals surface area (Å²) in [5, 5.41) is 1.06. The molecule has 1 aromatic heterocycles. The molecule has 28 heavy (non-hydrogen) atoms. The molecule has 1 saturated heterocycles. The highest BCUT2D eigenvalue weighted by Crippen LogP contribution is 2.24. The summed E-state index contributed by atoms with van der Waals surface area (Å²) < 4.78 is 5.51. The molecule has 4 heteroatoms. The van der Waals surface area contributed by atoms with E-state index in [1.807, 2.05) is 6.92 Å². The Morgan fingerprint density at radius 2 is 1.61 bits per heavy atom. The van der Waals surface area contributed by atoms with E-state index >= 15 is 0 Å². The number of fused-ring (bicyclic) bond motifs is 1. The van der Waals surface area contributed by atoms with Crippen LogP contribution in [0.3, 0.4) is 0 Å². The molecule has 1 fully saturated rings. The van der Waals surface area contributed by atoms with Gasteiger partial charge < -0.3 is 4.42 Å². The second-order valence-electron chi connectivity index (χ2n) is 8.02. The fourth-order valence-corrected chi connectivity index (χ4v) is 4.07. The van der Waals surface area contributed by atoms with Gasteiger partial charge in [0.15, 0.2) is 0 Å². The quantitative estimate of drug-likeness (QED) is 0.644. The van der Waals surface area contributed by atoms with Crippen LogP contribution in [-0.4, -0.2) is 36.0 Å². The molecule has 1 aliphatic heterocycles. The molecule has 4 nitrogen and oxygen atoms in total. The van der Waals surface area contributed by atoms with Gasteiger partial charge in [-0.2, -0.15) is 0 Å². The molecule has 2 aromatic carbocycles. The zero-order valence-corrected chi connectivity index (χ0v) is 17.0. The van der Waals surface area contributed by atoms with Crippen LogP contribution in [0.25, 0.3) is 11.0 Å². The molecular weight excluding hydrogens is 348 g/mol. The zero-order valence-electron chi connectivity index (χ0n) is 17.0. The highest BCUT2D eigenvalue weighted by molar-refractivity contribution is 5.83. The first-order valence-electron chi connectivity index (χ1n) is 10.0. The minimum absolute atomic E-state index is 0.255. The predicted octanol–water partition coefficient (Wildman–Crippen LogP) is 4.04. The minimum atomic E-state index is -0.255. The Labute approximate surface area is 166 Å². The van der Waals surface area contributed by atoms with E-state index in [2.05, 4.69) is 60.0 Å². The lowest BCUT2D eigenvalue weighted by Gasteiger charge is -2.35. The SMILES string of the molecule is Cc1cccc(CN2CCN(Cc3cc(=O)oc4c(C)c(C)ccc34)CC2)c1. The van der Waals surface area contributed by atoms with E-state index in [1.165, 1.54) is 11.1 Å². The lowest BCUT2D eigenvalue weighted by molar-refractivity contribution is 0.122. The van der Waals surface area contributed by atoms with Gasteiger partial charge in [0, 0.05) is 50.7 Å². The molecule has 0 amide bonds. The zero-order chi connectivity index (χ0) is 19.7. The van der Waals surface area contributed by atoms with Crippen LogP contribution in [0.1, 0.15) is 27.8 Å². The summed E-state index contributed by atoms with van der Waals surface area (Å²) in [4.78, 5) is 17.0. The first-order chi connectivity index (χ1) is 13.5. The van der Waals surface area contributed by atoms with Gasteiger partial charge in [0.05, 0.1) is 0 Å². The molecule has 0 N–H and O–H groups in total. The van der Waals surface area contributed by atoms with Crippen molar-refractivity contribution in [3.8, 4) is 0 Å². The highest BCUT2D eigenvalue weighted by atomic mass is 16.4. The summed E-state index contributed by atoms with van der Waals surface area (Å²) in [6.07, 6.45) is 0. The van der Waals surface area contributed by atoms with Crippen molar-refractivity contribution in [3.63, 3.8) is 0 Å². The lowest BCUT2D eigenvalue weighted by Crippen LogP contribution is -2.45. The number of nitrogens with zero attached hydrogens (tertiary/aromatic N) is 2. The van der Waals surface area contributed by atoms with E-state index in [4.69, 9.17) is 4.42 Å². The van der Waals surface area contributed by atoms with Crippen molar-refractivity contribution in [1.29, 1.82) is 0 Å². The van der Waals surface area contributed by atoms with Crippen LogP contribution in [0.4, 0.5) is 0 Å². The Morgan fingerprint density at radius 1 is 0.893 bits per heavy atom. The number of benzene rings is 2. The molecule has 4 rings (SSSR count). The van der Waals surface area contributed by atoms with Crippen LogP contribution in [0.2, 0.25) is 0 Å². The molecular formula is C24H28N2O2. The molecule has 0 radical (unpaired) electrons. The standard InChI is InChI=1S/C24H28N2O2/c1-17-5-4-6-20(13-17)15-25-9-11-26(12-10-25)16-21-14-23(27)28-24-19(3)18(2)7-8-22(21)24/h4-8,13-14H,9-12,15-16H2,1-3H3. The lowest BCUT2D eigenvalue weighted by atomic mass is 10.0. The van der Waals surface area contributed by atoms with Crippen LogP contribution < -0.4 is 5.63 Å². The summed E-state index contributed by atoms with van der Waals surface area (Å²) in [6, 6.07) is 14.6. The number of piperazine rings is 1. The summed E-state index contributed by atoms with van der Waals surface area (Å²) in [7, 11) is 0. The van der Waals surface area contributed by atoms with Gasteiger partial charge in [-0.15, -0.1) is 0 Å². The third-order valence-corrected chi connectivity index (χ3v) is 5.86. The molecule has 0 unspecified atom stereocenters. The second-order valence-corrected chi connectivity index (χ2v) is 8.02. The minimum Gasteiger partial charge on any atom is -0.422 e. The summed E-state index contributed by atoms with van der Waals surface area (Å²) in [6.45, 7) is 12.1. The van der Waals surface area contributed by atoms with Crippen molar-refractivity contribution in [2.24, 2.45) is 0 Å². The predicted molar refractivity (Wildman–Crippen MR) is 114 cm³/mol. The van der Waals surface area contributed by atoms with E-state index in [0.717, 1.165) is 66.9 Å². The smallest absolute Gasteiger partial charge is 0.336 e. The molecule has 0 atom stereocenters. The number of rotatable bonds is 4. The monoisotopic (exact) mass is 376 g/mol. The van der Waals surface area contributed by atoms with Crippen LogP contribution in [0.15, 0.2) is 51.7 Å². The van der Waals surface area contributed by atoms with Gasteiger partial charge >= 0.3 is 5.63 Å². The Bertz CT molecular complexity index is 1050. The largest absolute Gasteiger partial charge is 0.422 e. The maximum absolute atomic E-state index is 12.1. The Morgan fingerprint density at radius 3 is 2.32 bits per heavy atom. The third-order valence-electron chi connectivity index (χ3n) is 5.86. The summed E-state index contributed by atoms with van der Waals surface area (Å²) in [5.74, 6) is 0. The molecule has 3 aromatic rings. The molecule has 0 spiro atoms. The summed E-state index contributed by atoms with van der Waals surface area (Å²) in [5.41, 5.74) is 6.45. The molecule has 1 aliphatic rings. The van der Waals surface area contributed by atoms with Crippen molar-refractivity contribution in [1.82, 2.24) is 9.80 Å². The normalized spacial score (nSPS) is 16.0. The van der Waals surface area contributed by atoms with E-state index in [0.29, 0.717) is 0 Å². The van der Waals surface area contributed by atoms with E-state index in [-0.39, 0.29) is 5.63 Å². The number of aryl methyl sites for hydroxylation is 3. The van der Waals surface area contributed by atoms with Crippen molar-refractivity contribution in [2.75, 3.05) is 26.2 Å². The first kappa shape index (κ1) is 18.9. The Balaban J connectivity index is 1.45. The highest BCUT2D eigenvalue weighted by Gasteiger charge is 2.19. The van der Waals surface area contributed by atoms with Gasteiger partial charge in [-0.3, -0.25) is 9.80 Å². The van der Waals surface area contributed by atoms with Crippen molar-refractivity contribution < 1.29 is 4.42 Å². The fraction of sp³-hybridized carbons (Fsp3) is 0.375.